The summed E-state index contributed by atoms with van der Waals surface area (Å²) in [7, 11) is 1.52. The van der Waals surface area contributed by atoms with E-state index in [4.69, 9.17) is 4.74 Å². The summed E-state index contributed by atoms with van der Waals surface area (Å²) in [5, 5.41) is 13.7. The Hall–Kier alpha value is -1.93. The fraction of sp³-hybridized carbons (Fsp3) is 0.500. The molecule has 7 heteroatoms. The molecule has 1 saturated heterocycles. The largest absolute Gasteiger partial charge is 0.416 e. The van der Waals surface area contributed by atoms with Crippen LogP contribution in [0.4, 0.5) is 13.2 Å². The molecule has 1 atom stereocenters. The first kappa shape index (κ1) is 23.7. The summed E-state index contributed by atoms with van der Waals surface area (Å²) in [4.78, 5) is 2.26. The van der Waals surface area contributed by atoms with Crippen molar-refractivity contribution >= 4 is 0 Å². The quantitative estimate of drug-likeness (QED) is 0.619. The summed E-state index contributed by atoms with van der Waals surface area (Å²) in [5.74, 6) is 0. The van der Waals surface area contributed by atoms with Crippen LogP contribution in [0, 0.1) is 0 Å². The first-order valence-electron chi connectivity index (χ1n) is 10.6. The highest BCUT2D eigenvalue weighted by molar-refractivity contribution is 5.64. The lowest BCUT2D eigenvalue weighted by atomic mass is 9.95. The smallest absolute Gasteiger partial charge is 0.366 e. The van der Waals surface area contributed by atoms with E-state index in [0.29, 0.717) is 6.04 Å². The van der Waals surface area contributed by atoms with E-state index in [2.05, 4.69) is 10.2 Å². The van der Waals surface area contributed by atoms with E-state index < -0.39 is 23.6 Å². The van der Waals surface area contributed by atoms with Gasteiger partial charge in [0.2, 0.25) is 0 Å². The Morgan fingerprint density at radius 1 is 1.00 bits per heavy atom. The summed E-state index contributed by atoms with van der Waals surface area (Å²) in [6, 6.07) is 13.5. The number of nitrogens with zero attached hydrogens (tertiary/aromatic N) is 1. The van der Waals surface area contributed by atoms with Crippen LogP contribution in [0.3, 0.4) is 0 Å². The predicted molar refractivity (Wildman–Crippen MR) is 115 cm³/mol. The maximum Gasteiger partial charge on any atom is 0.416 e. The number of piperidine rings is 1. The van der Waals surface area contributed by atoms with Gasteiger partial charge in [-0.1, -0.05) is 36.4 Å². The van der Waals surface area contributed by atoms with Crippen LogP contribution in [0.2, 0.25) is 0 Å². The molecule has 170 valence electrons. The van der Waals surface area contributed by atoms with Crippen LogP contribution in [0.15, 0.2) is 48.5 Å². The highest BCUT2D eigenvalue weighted by Gasteiger charge is 2.36. The van der Waals surface area contributed by atoms with Crippen LogP contribution in [-0.4, -0.2) is 48.1 Å². The first-order chi connectivity index (χ1) is 14.6. The first-order valence-corrected chi connectivity index (χ1v) is 10.6. The van der Waals surface area contributed by atoms with Gasteiger partial charge in [-0.15, -0.1) is 0 Å². The molecule has 0 aromatic heterocycles. The van der Waals surface area contributed by atoms with Gasteiger partial charge in [0.1, 0.15) is 0 Å². The summed E-state index contributed by atoms with van der Waals surface area (Å²) in [6.45, 7) is 6.50. The van der Waals surface area contributed by atoms with Gasteiger partial charge in [0.05, 0.1) is 11.1 Å². The van der Waals surface area contributed by atoms with Crippen molar-refractivity contribution in [2.45, 2.75) is 57.3 Å². The normalized spacial score (nSPS) is 17.6. The lowest BCUT2D eigenvalue weighted by Gasteiger charge is -2.44. The number of benzene rings is 2. The van der Waals surface area contributed by atoms with Gasteiger partial charge in [-0.25, -0.2) is 0 Å². The maximum atomic E-state index is 12.7. The second-order valence-corrected chi connectivity index (χ2v) is 8.66. The Labute approximate surface area is 182 Å². The van der Waals surface area contributed by atoms with Gasteiger partial charge < -0.3 is 15.2 Å². The van der Waals surface area contributed by atoms with Crippen LogP contribution in [0.1, 0.15) is 37.8 Å². The lowest BCUT2D eigenvalue weighted by Crippen LogP contribution is -2.57. The molecule has 0 amide bonds. The molecule has 0 saturated carbocycles. The van der Waals surface area contributed by atoms with Crippen LogP contribution < -0.4 is 5.32 Å². The minimum atomic E-state index is -4.32. The molecule has 0 spiro atoms. The fourth-order valence-corrected chi connectivity index (χ4v) is 4.03. The molecule has 2 aromatic rings. The van der Waals surface area contributed by atoms with Crippen molar-refractivity contribution in [1.82, 2.24) is 10.2 Å². The minimum absolute atomic E-state index is 0.404. The molecule has 2 aromatic carbocycles. The summed E-state index contributed by atoms with van der Waals surface area (Å²) >= 11 is 0. The van der Waals surface area contributed by atoms with E-state index in [1.807, 2.05) is 38.1 Å². The monoisotopic (exact) mass is 436 g/mol. The number of ether oxygens (including phenoxy) is 1. The third-order valence-electron chi connectivity index (χ3n) is 6.23. The number of aliphatic hydroxyl groups excluding tert-OH is 1. The van der Waals surface area contributed by atoms with Crippen molar-refractivity contribution in [3.63, 3.8) is 0 Å². The Morgan fingerprint density at radius 3 is 2.00 bits per heavy atom. The molecule has 0 radical (unpaired) electrons. The third kappa shape index (κ3) is 5.86. The van der Waals surface area contributed by atoms with Gasteiger partial charge in [-0.3, -0.25) is 4.90 Å². The number of methoxy groups -OCH3 is 1. The van der Waals surface area contributed by atoms with Crippen LogP contribution >= 0.6 is 0 Å². The summed E-state index contributed by atoms with van der Waals surface area (Å²) in [5.41, 5.74) is 1.73. The topological polar surface area (TPSA) is 44.7 Å². The average molecular weight is 437 g/mol. The Morgan fingerprint density at radius 2 is 1.52 bits per heavy atom. The van der Waals surface area contributed by atoms with E-state index >= 15 is 0 Å². The van der Waals surface area contributed by atoms with Crippen molar-refractivity contribution < 1.29 is 23.0 Å². The molecule has 1 heterocycles. The van der Waals surface area contributed by atoms with Crippen molar-refractivity contribution in [3.8, 4) is 11.1 Å². The van der Waals surface area contributed by atoms with E-state index in [0.717, 1.165) is 61.3 Å². The second-order valence-electron chi connectivity index (χ2n) is 8.66. The molecule has 2 N–H and O–H groups in total. The molecule has 0 bridgehead atoms. The molecule has 31 heavy (non-hydrogen) atoms. The number of nitrogens with one attached hydrogen (secondary N) is 1. The van der Waals surface area contributed by atoms with E-state index in [1.165, 1.54) is 19.2 Å². The number of alkyl halides is 3. The molecule has 4 nitrogen and oxygen atoms in total. The number of aliphatic hydroxyl groups is 1. The highest BCUT2D eigenvalue weighted by atomic mass is 19.4. The molecular weight excluding hydrogens is 405 g/mol. The Kier molecular flexibility index (Phi) is 7.42. The molecule has 0 aliphatic carbocycles. The average Bonchev–Trinajstić information content (AvgIpc) is 2.77. The van der Waals surface area contributed by atoms with Gasteiger partial charge in [-0.2, -0.15) is 13.2 Å². The Bertz CT molecular complexity index is 827. The maximum absolute atomic E-state index is 12.7. The standard InChI is InChI=1S/C24H31F3N2O2/c1-23(2,22(30)31-3)29-14-12-21(13-15-29)28-16-17-4-6-18(7-5-17)19-8-10-20(11-9-19)24(25,26)27/h4-11,21-22,28,30H,12-16H2,1-3H3. The molecule has 1 aliphatic rings. The summed E-state index contributed by atoms with van der Waals surface area (Å²) in [6.07, 6.45) is -3.16. The van der Waals surface area contributed by atoms with Gasteiger partial charge >= 0.3 is 6.18 Å². The van der Waals surface area contributed by atoms with Crippen molar-refractivity contribution in [2.24, 2.45) is 0 Å². The minimum Gasteiger partial charge on any atom is -0.366 e. The van der Waals surface area contributed by atoms with Crippen molar-refractivity contribution in [1.29, 1.82) is 0 Å². The number of hydrogen-bond acceptors (Lipinski definition) is 4. The summed E-state index contributed by atoms with van der Waals surface area (Å²) < 4.78 is 43.3. The number of halogens is 3. The predicted octanol–water partition coefficient (Wildman–Crippen LogP) is 4.67. The van der Waals surface area contributed by atoms with Crippen molar-refractivity contribution in [2.75, 3.05) is 20.2 Å². The SMILES string of the molecule is COC(O)C(C)(C)N1CCC(NCc2ccc(-c3ccc(C(F)(F)F)cc3)cc2)CC1. The zero-order chi connectivity index (χ0) is 22.6. The van der Waals surface area contributed by atoms with E-state index in [9.17, 15) is 18.3 Å². The van der Waals surface area contributed by atoms with Crippen molar-refractivity contribution in [3.05, 3.63) is 59.7 Å². The second kappa shape index (κ2) is 9.69. The number of likely N-dealkylation sites (tertiary alicyclic amines) is 1. The van der Waals surface area contributed by atoms with Gasteiger partial charge in [-0.05, 0) is 55.5 Å². The Balaban J connectivity index is 1.50. The van der Waals surface area contributed by atoms with Crippen LogP contribution in [0.5, 0.6) is 0 Å². The van der Waals surface area contributed by atoms with E-state index in [1.54, 1.807) is 0 Å². The molecule has 1 aliphatic heterocycles. The van der Waals surface area contributed by atoms with Crippen LogP contribution in [0.25, 0.3) is 11.1 Å². The zero-order valence-electron chi connectivity index (χ0n) is 18.2. The molecule has 1 unspecified atom stereocenters. The highest BCUT2D eigenvalue weighted by Crippen LogP contribution is 2.31. The van der Waals surface area contributed by atoms with E-state index in [-0.39, 0.29) is 0 Å². The third-order valence-corrected chi connectivity index (χ3v) is 6.23. The number of rotatable bonds is 7. The lowest BCUT2D eigenvalue weighted by molar-refractivity contribution is -0.163. The molecule has 1 fully saturated rings. The number of hydrogen-bond donors (Lipinski definition) is 2. The zero-order valence-corrected chi connectivity index (χ0v) is 18.2. The van der Waals surface area contributed by atoms with Gasteiger partial charge in [0, 0.05) is 32.8 Å². The molecule has 3 rings (SSSR count). The molecular formula is C24H31F3N2O2. The van der Waals surface area contributed by atoms with Crippen LogP contribution in [-0.2, 0) is 17.5 Å². The fourth-order valence-electron chi connectivity index (χ4n) is 4.03. The van der Waals surface area contributed by atoms with Gasteiger partial charge in [0.15, 0.2) is 6.29 Å². The van der Waals surface area contributed by atoms with Gasteiger partial charge in [0.25, 0.3) is 0 Å².